The van der Waals surface area contributed by atoms with Crippen LogP contribution >= 0.6 is 0 Å². The van der Waals surface area contributed by atoms with Gasteiger partial charge in [-0.05, 0) is 27.2 Å². The Morgan fingerprint density at radius 2 is 1.71 bits per heavy atom. The van der Waals surface area contributed by atoms with Crippen molar-refractivity contribution in [3.05, 3.63) is 11.3 Å². The van der Waals surface area contributed by atoms with Crippen LogP contribution < -0.4 is 0 Å². The van der Waals surface area contributed by atoms with E-state index in [9.17, 15) is 4.79 Å². The van der Waals surface area contributed by atoms with Gasteiger partial charge in [0.2, 0.25) is 0 Å². The molecular formula is C11H21NO2. The molecule has 0 fully saturated rings. The molecule has 3 heteroatoms. The van der Waals surface area contributed by atoms with Crippen LogP contribution in [-0.2, 0) is 4.79 Å². The number of carbonyl (C=O) groups is 1. The predicted octanol–water partition coefficient (Wildman–Crippen LogP) is 2.49. The SMILES string of the molecule is CCC/C(=C(/C)C(=O)O)N(CC)CC. The van der Waals surface area contributed by atoms with Crippen molar-refractivity contribution in [2.45, 2.75) is 40.5 Å². The molecule has 1 N–H and O–H groups in total. The minimum atomic E-state index is -0.805. The van der Waals surface area contributed by atoms with Crippen LogP contribution in [0.3, 0.4) is 0 Å². The number of carboxylic acid groups (broad SMARTS) is 1. The Hall–Kier alpha value is -0.990. The van der Waals surface area contributed by atoms with Crippen molar-refractivity contribution < 1.29 is 9.90 Å². The number of hydrogen-bond acceptors (Lipinski definition) is 2. The zero-order valence-electron chi connectivity index (χ0n) is 9.63. The molecule has 82 valence electrons. The number of rotatable bonds is 6. The minimum absolute atomic E-state index is 0.482. The average Bonchev–Trinajstić information content (AvgIpc) is 2.17. The second-order valence-corrected chi connectivity index (χ2v) is 3.30. The summed E-state index contributed by atoms with van der Waals surface area (Å²) < 4.78 is 0. The molecule has 0 unspecified atom stereocenters. The fourth-order valence-corrected chi connectivity index (χ4v) is 1.55. The van der Waals surface area contributed by atoms with E-state index < -0.39 is 5.97 Å². The molecule has 0 aromatic carbocycles. The van der Waals surface area contributed by atoms with E-state index in [0.29, 0.717) is 5.57 Å². The number of hydrogen-bond donors (Lipinski definition) is 1. The van der Waals surface area contributed by atoms with E-state index in [1.165, 1.54) is 0 Å². The summed E-state index contributed by atoms with van der Waals surface area (Å²) >= 11 is 0. The molecule has 0 atom stereocenters. The van der Waals surface area contributed by atoms with Gasteiger partial charge < -0.3 is 10.0 Å². The number of aliphatic carboxylic acids is 1. The van der Waals surface area contributed by atoms with Gasteiger partial charge in [-0.3, -0.25) is 0 Å². The van der Waals surface area contributed by atoms with Gasteiger partial charge in [0.15, 0.2) is 0 Å². The van der Waals surface area contributed by atoms with Gasteiger partial charge >= 0.3 is 5.97 Å². The van der Waals surface area contributed by atoms with Gasteiger partial charge in [0, 0.05) is 18.8 Å². The van der Waals surface area contributed by atoms with E-state index in [0.717, 1.165) is 31.6 Å². The molecule has 3 nitrogen and oxygen atoms in total. The molecule has 0 bridgehead atoms. The molecule has 0 saturated carbocycles. The fraction of sp³-hybridized carbons (Fsp3) is 0.727. The highest BCUT2D eigenvalue weighted by atomic mass is 16.4. The standard InChI is InChI=1S/C11H21NO2/c1-5-8-10(9(4)11(13)14)12(6-2)7-3/h5-8H2,1-4H3,(H,13,14)/b10-9+. The van der Waals surface area contributed by atoms with Crippen molar-refractivity contribution in [1.29, 1.82) is 0 Å². The van der Waals surface area contributed by atoms with Crippen LogP contribution in [0.2, 0.25) is 0 Å². The van der Waals surface area contributed by atoms with E-state index >= 15 is 0 Å². The Bertz CT molecular complexity index is 217. The smallest absolute Gasteiger partial charge is 0.333 e. The molecule has 0 aromatic heterocycles. The van der Waals surface area contributed by atoms with Gasteiger partial charge in [-0.2, -0.15) is 0 Å². The van der Waals surface area contributed by atoms with E-state index in [2.05, 4.69) is 11.8 Å². The minimum Gasteiger partial charge on any atom is -0.478 e. The van der Waals surface area contributed by atoms with Crippen molar-refractivity contribution in [2.75, 3.05) is 13.1 Å². The van der Waals surface area contributed by atoms with Crippen LogP contribution in [0.25, 0.3) is 0 Å². The highest BCUT2D eigenvalue weighted by Gasteiger charge is 2.12. The summed E-state index contributed by atoms with van der Waals surface area (Å²) in [5, 5.41) is 8.93. The topological polar surface area (TPSA) is 40.5 Å². The molecule has 0 amide bonds. The van der Waals surface area contributed by atoms with E-state index in [4.69, 9.17) is 5.11 Å². The zero-order chi connectivity index (χ0) is 11.1. The third-order valence-corrected chi connectivity index (χ3v) is 2.39. The molecule has 0 spiro atoms. The van der Waals surface area contributed by atoms with Crippen LogP contribution in [0.4, 0.5) is 0 Å². The lowest BCUT2D eigenvalue weighted by Crippen LogP contribution is -2.24. The van der Waals surface area contributed by atoms with Crippen LogP contribution in [0.15, 0.2) is 11.3 Å². The van der Waals surface area contributed by atoms with Crippen LogP contribution in [0.5, 0.6) is 0 Å². The zero-order valence-corrected chi connectivity index (χ0v) is 9.63. The molecule has 0 heterocycles. The van der Waals surface area contributed by atoms with Crippen LogP contribution in [0, 0.1) is 0 Å². The molecular weight excluding hydrogens is 178 g/mol. The van der Waals surface area contributed by atoms with E-state index in [-0.39, 0.29) is 0 Å². The monoisotopic (exact) mass is 199 g/mol. The van der Waals surface area contributed by atoms with Crippen molar-refractivity contribution in [3.63, 3.8) is 0 Å². The Morgan fingerprint density at radius 1 is 1.21 bits per heavy atom. The molecule has 0 aliphatic heterocycles. The van der Waals surface area contributed by atoms with Crippen molar-refractivity contribution in [2.24, 2.45) is 0 Å². The van der Waals surface area contributed by atoms with Crippen LogP contribution in [-0.4, -0.2) is 29.1 Å². The molecule has 0 saturated heterocycles. The van der Waals surface area contributed by atoms with Gasteiger partial charge in [-0.15, -0.1) is 0 Å². The lowest BCUT2D eigenvalue weighted by atomic mass is 10.1. The summed E-state index contributed by atoms with van der Waals surface area (Å²) in [6.45, 7) is 9.60. The van der Waals surface area contributed by atoms with Gasteiger partial charge in [0.25, 0.3) is 0 Å². The van der Waals surface area contributed by atoms with Gasteiger partial charge in [-0.1, -0.05) is 13.3 Å². The first kappa shape index (κ1) is 13.0. The predicted molar refractivity (Wildman–Crippen MR) is 58.2 cm³/mol. The Balaban J connectivity index is 4.89. The Morgan fingerprint density at radius 3 is 2.00 bits per heavy atom. The molecule has 0 radical (unpaired) electrons. The summed E-state index contributed by atoms with van der Waals surface area (Å²) in [4.78, 5) is 13.0. The lowest BCUT2D eigenvalue weighted by Gasteiger charge is -2.25. The van der Waals surface area contributed by atoms with E-state index in [1.54, 1.807) is 6.92 Å². The normalized spacial score (nSPS) is 12.3. The maximum atomic E-state index is 10.9. The second-order valence-electron chi connectivity index (χ2n) is 3.30. The first-order valence-corrected chi connectivity index (χ1v) is 5.26. The van der Waals surface area contributed by atoms with E-state index in [1.807, 2.05) is 13.8 Å². The van der Waals surface area contributed by atoms with Gasteiger partial charge in [0.05, 0.1) is 5.57 Å². The van der Waals surface area contributed by atoms with Crippen molar-refractivity contribution >= 4 is 5.97 Å². The van der Waals surface area contributed by atoms with Crippen molar-refractivity contribution in [1.82, 2.24) is 4.90 Å². The quantitative estimate of drug-likeness (QED) is 0.668. The number of carboxylic acids is 1. The summed E-state index contributed by atoms with van der Waals surface area (Å²) in [6.07, 6.45) is 1.83. The average molecular weight is 199 g/mol. The maximum absolute atomic E-state index is 10.9. The first-order valence-electron chi connectivity index (χ1n) is 5.26. The highest BCUT2D eigenvalue weighted by molar-refractivity contribution is 5.86. The summed E-state index contributed by atoms with van der Waals surface area (Å²) in [7, 11) is 0. The maximum Gasteiger partial charge on any atom is 0.333 e. The fourth-order valence-electron chi connectivity index (χ4n) is 1.55. The Kier molecular flexibility index (Phi) is 6.00. The largest absolute Gasteiger partial charge is 0.478 e. The summed E-state index contributed by atoms with van der Waals surface area (Å²) in [5.41, 5.74) is 1.46. The first-order chi connectivity index (χ1) is 6.58. The summed E-state index contributed by atoms with van der Waals surface area (Å²) in [6, 6.07) is 0. The van der Waals surface area contributed by atoms with Gasteiger partial charge in [-0.25, -0.2) is 4.79 Å². The van der Waals surface area contributed by atoms with Gasteiger partial charge in [0.1, 0.15) is 0 Å². The van der Waals surface area contributed by atoms with Crippen LogP contribution in [0.1, 0.15) is 40.5 Å². The second kappa shape index (κ2) is 6.46. The van der Waals surface area contributed by atoms with Crippen molar-refractivity contribution in [3.8, 4) is 0 Å². The molecule has 0 aliphatic rings. The molecule has 14 heavy (non-hydrogen) atoms. The molecule has 0 aromatic rings. The Labute approximate surface area is 86.4 Å². The molecule has 0 rings (SSSR count). The third kappa shape index (κ3) is 3.40. The third-order valence-electron chi connectivity index (χ3n) is 2.39. The molecule has 0 aliphatic carbocycles. The number of allylic oxidation sites excluding steroid dienone is 1. The highest BCUT2D eigenvalue weighted by Crippen LogP contribution is 2.16. The summed E-state index contributed by atoms with van der Waals surface area (Å²) in [5.74, 6) is -0.805. The lowest BCUT2D eigenvalue weighted by molar-refractivity contribution is -0.132. The number of nitrogens with zero attached hydrogens (tertiary/aromatic N) is 1.